The van der Waals surface area contributed by atoms with Crippen LogP contribution < -0.4 is 9.46 Å². The first-order chi connectivity index (χ1) is 11.2. The number of benzene rings is 2. The van der Waals surface area contributed by atoms with Gasteiger partial charge in [-0.2, -0.15) is 0 Å². The normalized spacial score (nSPS) is 13.1. The molecule has 0 aliphatic carbocycles. The van der Waals surface area contributed by atoms with E-state index in [1.165, 1.54) is 19.2 Å². The average molecular weight is 351 g/mol. The van der Waals surface area contributed by atoms with E-state index < -0.39 is 16.1 Å². The molecule has 4 nitrogen and oxygen atoms in total. The van der Waals surface area contributed by atoms with E-state index in [1.54, 1.807) is 31.2 Å². The van der Waals surface area contributed by atoms with E-state index in [1.807, 2.05) is 19.9 Å². The molecule has 6 heteroatoms. The summed E-state index contributed by atoms with van der Waals surface area (Å²) in [6.07, 6.45) is 0. The van der Waals surface area contributed by atoms with Crippen LogP contribution >= 0.6 is 0 Å². The Labute approximate surface area is 142 Å². The van der Waals surface area contributed by atoms with E-state index >= 15 is 0 Å². The van der Waals surface area contributed by atoms with Crippen LogP contribution in [0, 0.1) is 5.82 Å². The zero-order chi connectivity index (χ0) is 17.9. The standard InChI is InChI=1S/C18H22FNO3S/c1-12(2)15-7-10-17(23-4)18(11-15)24(21,22)20-13(3)14-5-8-16(19)9-6-14/h5-13,20H,1-4H3/t13-/m1/s1. The Morgan fingerprint density at radius 3 is 2.12 bits per heavy atom. The quantitative estimate of drug-likeness (QED) is 0.856. The van der Waals surface area contributed by atoms with Crippen LogP contribution in [0.25, 0.3) is 0 Å². The van der Waals surface area contributed by atoms with Gasteiger partial charge in [0.1, 0.15) is 16.5 Å². The minimum absolute atomic E-state index is 0.102. The van der Waals surface area contributed by atoms with Crippen LogP contribution in [0.1, 0.15) is 43.9 Å². The first-order valence-electron chi connectivity index (χ1n) is 7.70. The maximum absolute atomic E-state index is 13.0. The third-order valence-electron chi connectivity index (χ3n) is 3.85. The second-order valence-corrected chi connectivity index (χ2v) is 7.64. The number of methoxy groups -OCH3 is 1. The molecule has 2 rings (SSSR count). The predicted octanol–water partition coefficient (Wildman–Crippen LogP) is 4.00. The summed E-state index contributed by atoms with van der Waals surface area (Å²) in [4.78, 5) is 0.102. The van der Waals surface area contributed by atoms with Crippen molar-refractivity contribution >= 4 is 10.0 Å². The average Bonchev–Trinajstić information content (AvgIpc) is 2.54. The molecule has 0 heterocycles. The van der Waals surface area contributed by atoms with Crippen LogP contribution in [-0.4, -0.2) is 15.5 Å². The molecule has 0 aliphatic heterocycles. The Balaban J connectivity index is 2.35. The number of hydrogen-bond acceptors (Lipinski definition) is 3. The molecule has 0 spiro atoms. The Hall–Kier alpha value is -1.92. The summed E-state index contributed by atoms with van der Waals surface area (Å²) in [5.74, 6) is 0.123. The van der Waals surface area contributed by atoms with Gasteiger partial charge in [0.05, 0.1) is 7.11 Å². The topological polar surface area (TPSA) is 55.4 Å². The molecule has 2 aromatic carbocycles. The van der Waals surface area contributed by atoms with E-state index in [0.29, 0.717) is 11.3 Å². The smallest absolute Gasteiger partial charge is 0.244 e. The molecule has 1 N–H and O–H groups in total. The van der Waals surface area contributed by atoms with Crippen molar-refractivity contribution in [2.45, 2.75) is 37.6 Å². The van der Waals surface area contributed by atoms with Gasteiger partial charge in [0.25, 0.3) is 0 Å². The molecule has 130 valence electrons. The van der Waals surface area contributed by atoms with Gasteiger partial charge in [0.2, 0.25) is 10.0 Å². The van der Waals surface area contributed by atoms with Crippen LogP contribution in [0.4, 0.5) is 4.39 Å². The first kappa shape index (κ1) is 18.4. The molecule has 0 bridgehead atoms. The molecule has 0 amide bonds. The van der Waals surface area contributed by atoms with Crippen molar-refractivity contribution in [3.05, 3.63) is 59.4 Å². The summed E-state index contributed by atoms with van der Waals surface area (Å²) in [5, 5.41) is 0. The van der Waals surface area contributed by atoms with Gasteiger partial charge in [-0.3, -0.25) is 0 Å². The lowest BCUT2D eigenvalue weighted by Gasteiger charge is -2.17. The third kappa shape index (κ3) is 4.13. The number of nitrogens with one attached hydrogen (secondary N) is 1. The number of sulfonamides is 1. The fourth-order valence-electron chi connectivity index (χ4n) is 2.38. The van der Waals surface area contributed by atoms with Gasteiger partial charge < -0.3 is 4.74 Å². The third-order valence-corrected chi connectivity index (χ3v) is 5.41. The van der Waals surface area contributed by atoms with Crippen LogP contribution in [0.3, 0.4) is 0 Å². The highest BCUT2D eigenvalue weighted by molar-refractivity contribution is 7.89. The highest BCUT2D eigenvalue weighted by atomic mass is 32.2. The van der Waals surface area contributed by atoms with E-state index in [-0.39, 0.29) is 16.6 Å². The van der Waals surface area contributed by atoms with Crippen LogP contribution in [0.15, 0.2) is 47.4 Å². The van der Waals surface area contributed by atoms with Crippen LogP contribution in [0.2, 0.25) is 0 Å². The highest BCUT2D eigenvalue weighted by Crippen LogP contribution is 2.29. The molecule has 0 radical (unpaired) electrons. The molecule has 0 unspecified atom stereocenters. The highest BCUT2D eigenvalue weighted by Gasteiger charge is 2.23. The largest absolute Gasteiger partial charge is 0.495 e. The van der Waals surface area contributed by atoms with Gasteiger partial charge in [-0.25, -0.2) is 17.5 Å². The molecule has 0 saturated heterocycles. The van der Waals surface area contributed by atoms with Crippen molar-refractivity contribution in [3.63, 3.8) is 0 Å². The SMILES string of the molecule is COc1ccc(C(C)C)cc1S(=O)(=O)N[C@H](C)c1ccc(F)cc1. The van der Waals surface area contributed by atoms with Gasteiger partial charge in [0, 0.05) is 6.04 Å². The summed E-state index contributed by atoms with van der Waals surface area (Å²) in [6, 6.07) is 10.4. The van der Waals surface area contributed by atoms with E-state index in [9.17, 15) is 12.8 Å². The van der Waals surface area contributed by atoms with E-state index in [4.69, 9.17) is 4.74 Å². The number of hydrogen-bond donors (Lipinski definition) is 1. The van der Waals surface area contributed by atoms with Crippen molar-refractivity contribution in [2.24, 2.45) is 0 Å². The lowest BCUT2D eigenvalue weighted by Crippen LogP contribution is -2.27. The van der Waals surface area contributed by atoms with Gasteiger partial charge in [0.15, 0.2) is 0 Å². The van der Waals surface area contributed by atoms with Crippen LogP contribution in [-0.2, 0) is 10.0 Å². The second-order valence-electron chi connectivity index (χ2n) is 5.96. The van der Waals surface area contributed by atoms with Crippen molar-refractivity contribution in [1.29, 1.82) is 0 Å². The molecular formula is C18H22FNO3S. The van der Waals surface area contributed by atoms with E-state index in [0.717, 1.165) is 5.56 Å². The zero-order valence-electron chi connectivity index (χ0n) is 14.2. The monoisotopic (exact) mass is 351 g/mol. The van der Waals surface area contributed by atoms with Crippen molar-refractivity contribution in [2.75, 3.05) is 7.11 Å². The Bertz CT molecular complexity index is 802. The first-order valence-corrected chi connectivity index (χ1v) is 9.18. The molecule has 0 aromatic heterocycles. The maximum atomic E-state index is 13.0. The molecule has 0 saturated carbocycles. The maximum Gasteiger partial charge on any atom is 0.244 e. The van der Waals surface area contributed by atoms with E-state index in [2.05, 4.69) is 4.72 Å². The number of rotatable bonds is 6. The molecule has 2 aromatic rings. The summed E-state index contributed by atoms with van der Waals surface area (Å²) >= 11 is 0. The van der Waals surface area contributed by atoms with Gasteiger partial charge >= 0.3 is 0 Å². The van der Waals surface area contributed by atoms with Gasteiger partial charge in [-0.1, -0.05) is 32.0 Å². The lowest BCUT2D eigenvalue weighted by atomic mass is 10.0. The fourth-order valence-corrected chi connectivity index (χ4v) is 3.81. The van der Waals surface area contributed by atoms with Crippen molar-refractivity contribution < 1.29 is 17.5 Å². The lowest BCUT2D eigenvalue weighted by molar-refractivity contribution is 0.401. The second kappa shape index (κ2) is 7.32. The van der Waals surface area contributed by atoms with Crippen LogP contribution in [0.5, 0.6) is 5.75 Å². The zero-order valence-corrected chi connectivity index (χ0v) is 15.0. The molecule has 0 aliphatic rings. The summed E-state index contributed by atoms with van der Waals surface area (Å²) in [7, 11) is -2.35. The van der Waals surface area contributed by atoms with Gasteiger partial charge in [-0.15, -0.1) is 0 Å². The van der Waals surface area contributed by atoms with Crippen molar-refractivity contribution in [1.82, 2.24) is 4.72 Å². The Kier molecular flexibility index (Phi) is 5.62. The minimum atomic E-state index is -3.79. The summed E-state index contributed by atoms with van der Waals surface area (Å²) in [6.45, 7) is 5.70. The molecule has 0 fully saturated rings. The Morgan fingerprint density at radius 1 is 1.00 bits per heavy atom. The van der Waals surface area contributed by atoms with Gasteiger partial charge in [-0.05, 0) is 48.2 Å². The summed E-state index contributed by atoms with van der Waals surface area (Å²) in [5.41, 5.74) is 1.59. The minimum Gasteiger partial charge on any atom is -0.495 e. The number of halogens is 1. The number of ether oxygens (including phenoxy) is 1. The predicted molar refractivity (Wildman–Crippen MR) is 92.2 cm³/mol. The molecular weight excluding hydrogens is 329 g/mol. The Morgan fingerprint density at radius 2 is 1.58 bits per heavy atom. The molecule has 24 heavy (non-hydrogen) atoms. The summed E-state index contributed by atoms with van der Waals surface area (Å²) < 4.78 is 46.4. The fraction of sp³-hybridized carbons (Fsp3) is 0.333. The molecule has 1 atom stereocenters. The van der Waals surface area contributed by atoms with Crippen molar-refractivity contribution in [3.8, 4) is 5.75 Å².